The number of aliphatic hydroxyl groups excluding tert-OH is 1. The summed E-state index contributed by atoms with van der Waals surface area (Å²) in [6.07, 6.45) is 4.77. The molecule has 4 heteroatoms. The average molecular weight is 242 g/mol. The quantitative estimate of drug-likeness (QED) is 0.689. The van der Waals surface area contributed by atoms with Gasteiger partial charge in [-0.05, 0) is 37.5 Å². The lowest BCUT2D eigenvalue weighted by atomic mass is 9.87. The first-order valence-electron chi connectivity index (χ1n) is 6.77. The Balaban J connectivity index is 2.06. The van der Waals surface area contributed by atoms with Gasteiger partial charge in [-0.3, -0.25) is 0 Å². The van der Waals surface area contributed by atoms with Crippen molar-refractivity contribution in [2.45, 2.75) is 52.1 Å². The normalized spacial score (nSPS) is 24.7. The monoisotopic (exact) mass is 242 g/mol. The minimum absolute atomic E-state index is 0.0780. The summed E-state index contributed by atoms with van der Waals surface area (Å²) in [7, 11) is 0. The van der Waals surface area contributed by atoms with Gasteiger partial charge in [0.05, 0.1) is 6.10 Å². The molecule has 1 saturated carbocycles. The molecule has 1 aliphatic carbocycles. The first-order valence-corrected chi connectivity index (χ1v) is 6.77. The Morgan fingerprint density at radius 2 is 2.12 bits per heavy atom. The fourth-order valence-corrected chi connectivity index (χ4v) is 2.22. The highest BCUT2D eigenvalue weighted by atomic mass is 16.3. The molecule has 1 aliphatic rings. The number of urea groups is 1. The van der Waals surface area contributed by atoms with Crippen molar-refractivity contribution in [3.63, 3.8) is 0 Å². The zero-order chi connectivity index (χ0) is 12.7. The van der Waals surface area contributed by atoms with Crippen molar-refractivity contribution in [3.05, 3.63) is 0 Å². The number of rotatable bonds is 5. The second-order valence-corrected chi connectivity index (χ2v) is 5.51. The Kier molecular flexibility index (Phi) is 6.34. The zero-order valence-electron chi connectivity index (χ0n) is 11.0. The van der Waals surface area contributed by atoms with E-state index < -0.39 is 0 Å². The molecule has 0 radical (unpaired) electrons. The molecule has 3 N–H and O–H groups in total. The average Bonchev–Trinajstić information content (AvgIpc) is 2.26. The van der Waals surface area contributed by atoms with E-state index in [2.05, 4.69) is 24.5 Å². The van der Waals surface area contributed by atoms with Gasteiger partial charge in [-0.1, -0.05) is 20.3 Å². The fourth-order valence-electron chi connectivity index (χ4n) is 2.22. The van der Waals surface area contributed by atoms with Crippen LogP contribution in [0.15, 0.2) is 0 Å². The Bertz CT molecular complexity index is 231. The van der Waals surface area contributed by atoms with Crippen molar-refractivity contribution in [1.82, 2.24) is 10.6 Å². The molecule has 0 aromatic heterocycles. The maximum atomic E-state index is 11.5. The molecular weight excluding hydrogens is 216 g/mol. The minimum Gasteiger partial charge on any atom is -0.393 e. The van der Waals surface area contributed by atoms with E-state index in [4.69, 9.17) is 0 Å². The van der Waals surface area contributed by atoms with Crippen molar-refractivity contribution >= 4 is 6.03 Å². The minimum atomic E-state index is -0.167. The van der Waals surface area contributed by atoms with Crippen LogP contribution in [0.1, 0.15) is 46.0 Å². The van der Waals surface area contributed by atoms with Gasteiger partial charge in [0.2, 0.25) is 0 Å². The third kappa shape index (κ3) is 6.51. The van der Waals surface area contributed by atoms with Crippen LogP contribution in [0.2, 0.25) is 0 Å². The van der Waals surface area contributed by atoms with Crippen molar-refractivity contribution < 1.29 is 9.90 Å². The molecule has 2 unspecified atom stereocenters. The van der Waals surface area contributed by atoms with Crippen molar-refractivity contribution in [3.8, 4) is 0 Å². The highest BCUT2D eigenvalue weighted by Crippen LogP contribution is 2.23. The van der Waals surface area contributed by atoms with Gasteiger partial charge in [0.25, 0.3) is 0 Å². The molecule has 1 fully saturated rings. The van der Waals surface area contributed by atoms with Crippen LogP contribution in [-0.4, -0.2) is 30.3 Å². The molecule has 0 aromatic rings. The smallest absolute Gasteiger partial charge is 0.314 e. The summed E-state index contributed by atoms with van der Waals surface area (Å²) in [5.41, 5.74) is 0. The number of aliphatic hydroxyl groups is 1. The Labute approximate surface area is 104 Å². The first kappa shape index (κ1) is 14.3. The number of nitrogens with one attached hydrogen (secondary N) is 2. The summed E-state index contributed by atoms with van der Waals surface area (Å²) in [5.74, 6) is 1.05. The predicted molar refractivity (Wildman–Crippen MR) is 68.8 cm³/mol. The summed E-state index contributed by atoms with van der Waals surface area (Å²) in [4.78, 5) is 11.5. The third-order valence-electron chi connectivity index (χ3n) is 3.31. The maximum Gasteiger partial charge on any atom is 0.314 e. The molecule has 2 atom stereocenters. The maximum absolute atomic E-state index is 11.5. The fraction of sp³-hybridized carbons (Fsp3) is 0.923. The Morgan fingerprint density at radius 3 is 2.76 bits per heavy atom. The van der Waals surface area contributed by atoms with Gasteiger partial charge >= 0.3 is 6.03 Å². The topological polar surface area (TPSA) is 61.4 Å². The van der Waals surface area contributed by atoms with Gasteiger partial charge in [-0.25, -0.2) is 4.79 Å². The first-order chi connectivity index (χ1) is 8.08. The molecule has 2 amide bonds. The van der Waals surface area contributed by atoms with E-state index in [1.54, 1.807) is 0 Å². The van der Waals surface area contributed by atoms with E-state index in [-0.39, 0.29) is 12.1 Å². The number of amides is 2. The van der Waals surface area contributed by atoms with Crippen LogP contribution in [0.3, 0.4) is 0 Å². The molecular formula is C13H26N2O2. The van der Waals surface area contributed by atoms with Gasteiger partial charge in [0.1, 0.15) is 0 Å². The van der Waals surface area contributed by atoms with Crippen LogP contribution in [0.4, 0.5) is 4.79 Å². The molecule has 1 rings (SSSR count). The standard InChI is InChI=1S/C13H26N2O2/c1-10(2)6-7-14-13(17)15-9-11-4-3-5-12(16)8-11/h10-12,16H,3-9H2,1-2H3,(H2,14,15,17). The van der Waals surface area contributed by atoms with Crippen molar-refractivity contribution in [1.29, 1.82) is 0 Å². The summed E-state index contributed by atoms with van der Waals surface area (Å²) in [6.45, 7) is 5.70. The van der Waals surface area contributed by atoms with E-state index in [0.717, 1.165) is 38.6 Å². The SMILES string of the molecule is CC(C)CCNC(=O)NCC1CCCC(O)C1. The Morgan fingerprint density at radius 1 is 1.35 bits per heavy atom. The number of hydrogen-bond acceptors (Lipinski definition) is 2. The largest absolute Gasteiger partial charge is 0.393 e. The second kappa shape index (κ2) is 7.54. The van der Waals surface area contributed by atoms with E-state index in [0.29, 0.717) is 18.4 Å². The van der Waals surface area contributed by atoms with Crippen LogP contribution >= 0.6 is 0 Å². The highest BCUT2D eigenvalue weighted by molar-refractivity contribution is 5.73. The second-order valence-electron chi connectivity index (χ2n) is 5.51. The molecule has 4 nitrogen and oxygen atoms in total. The summed E-state index contributed by atoms with van der Waals surface area (Å²) < 4.78 is 0. The van der Waals surface area contributed by atoms with Gasteiger partial charge in [0, 0.05) is 13.1 Å². The van der Waals surface area contributed by atoms with E-state index in [1.807, 2.05) is 0 Å². The number of hydrogen-bond donors (Lipinski definition) is 3. The van der Waals surface area contributed by atoms with Crippen LogP contribution in [0, 0.1) is 11.8 Å². The predicted octanol–water partition coefficient (Wildman–Crippen LogP) is 1.88. The molecule has 0 aliphatic heterocycles. The molecule has 0 heterocycles. The van der Waals surface area contributed by atoms with E-state index >= 15 is 0 Å². The van der Waals surface area contributed by atoms with Crippen LogP contribution in [0.25, 0.3) is 0 Å². The molecule has 0 bridgehead atoms. The van der Waals surface area contributed by atoms with Gasteiger partial charge in [-0.15, -0.1) is 0 Å². The third-order valence-corrected chi connectivity index (χ3v) is 3.31. The molecule has 17 heavy (non-hydrogen) atoms. The van der Waals surface area contributed by atoms with Gasteiger partial charge in [0.15, 0.2) is 0 Å². The summed E-state index contributed by atoms with van der Waals surface area (Å²) in [6, 6.07) is -0.0780. The van der Waals surface area contributed by atoms with Crippen molar-refractivity contribution in [2.75, 3.05) is 13.1 Å². The lowest BCUT2D eigenvalue weighted by Crippen LogP contribution is -2.40. The summed E-state index contributed by atoms with van der Waals surface area (Å²) in [5, 5.41) is 15.3. The van der Waals surface area contributed by atoms with Gasteiger partial charge < -0.3 is 15.7 Å². The molecule has 0 spiro atoms. The van der Waals surface area contributed by atoms with Crippen molar-refractivity contribution in [2.24, 2.45) is 11.8 Å². The van der Waals surface area contributed by atoms with Gasteiger partial charge in [-0.2, -0.15) is 0 Å². The number of carbonyl (C=O) groups is 1. The van der Waals surface area contributed by atoms with Crippen LogP contribution in [-0.2, 0) is 0 Å². The summed E-state index contributed by atoms with van der Waals surface area (Å²) >= 11 is 0. The van der Waals surface area contributed by atoms with E-state index in [1.165, 1.54) is 0 Å². The highest BCUT2D eigenvalue weighted by Gasteiger charge is 2.20. The van der Waals surface area contributed by atoms with Crippen LogP contribution in [0.5, 0.6) is 0 Å². The lowest BCUT2D eigenvalue weighted by molar-refractivity contribution is 0.101. The van der Waals surface area contributed by atoms with E-state index in [9.17, 15) is 9.90 Å². The molecule has 100 valence electrons. The molecule has 0 saturated heterocycles. The lowest BCUT2D eigenvalue weighted by Gasteiger charge is -2.25. The molecule has 0 aromatic carbocycles. The number of carbonyl (C=O) groups excluding carboxylic acids is 1. The Hall–Kier alpha value is -0.770. The zero-order valence-corrected chi connectivity index (χ0v) is 11.0. The van der Waals surface area contributed by atoms with Crippen LogP contribution < -0.4 is 10.6 Å².